The molecule has 0 radical (unpaired) electrons. The van der Waals surface area contributed by atoms with Crippen LogP contribution in [0.1, 0.15) is 44.1 Å². The number of rotatable bonds is 6. The molecule has 1 aromatic carbocycles. The summed E-state index contributed by atoms with van der Waals surface area (Å²) in [6, 6.07) is 8.25. The second kappa shape index (κ2) is 8.09. The lowest BCUT2D eigenvalue weighted by molar-refractivity contribution is 0.197. The van der Waals surface area contributed by atoms with Crippen LogP contribution in [0.5, 0.6) is 5.75 Å². The van der Waals surface area contributed by atoms with E-state index in [0.717, 1.165) is 57.4 Å². The summed E-state index contributed by atoms with van der Waals surface area (Å²) >= 11 is 0. The molecule has 2 aliphatic rings. The summed E-state index contributed by atoms with van der Waals surface area (Å²) < 4.78 is 5.33. The topological polar surface area (TPSA) is 61.8 Å². The lowest BCUT2D eigenvalue weighted by Crippen LogP contribution is -2.43. The van der Waals surface area contributed by atoms with Crippen molar-refractivity contribution in [2.24, 2.45) is 5.92 Å². The van der Waals surface area contributed by atoms with E-state index in [0.29, 0.717) is 12.5 Å². The van der Waals surface area contributed by atoms with E-state index in [4.69, 9.17) is 9.84 Å². The van der Waals surface area contributed by atoms with Gasteiger partial charge in [-0.2, -0.15) is 0 Å². The lowest BCUT2D eigenvalue weighted by Gasteiger charge is -2.24. The van der Waals surface area contributed by atoms with Gasteiger partial charge in [-0.05, 0) is 62.1 Å². The van der Waals surface area contributed by atoms with Crippen molar-refractivity contribution in [2.45, 2.75) is 43.9 Å². The van der Waals surface area contributed by atoms with Crippen LogP contribution in [0.25, 0.3) is 0 Å². The SMILES string of the molecule is COc1cccc(C2(CNC(=O)N3CCCC(CCO)CC3)CC2)c1. The Morgan fingerprint density at radius 2 is 2.20 bits per heavy atom. The molecule has 2 N–H and O–H groups in total. The summed E-state index contributed by atoms with van der Waals surface area (Å²) in [7, 11) is 1.68. The lowest BCUT2D eigenvalue weighted by atomic mass is 9.96. The maximum Gasteiger partial charge on any atom is 0.317 e. The number of nitrogens with one attached hydrogen (secondary N) is 1. The normalized spacial score (nSPS) is 22.2. The highest BCUT2D eigenvalue weighted by Crippen LogP contribution is 2.48. The standard InChI is InChI=1S/C20H30N2O3/c1-25-18-6-2-5-17(14-18)20(9-10-20)15-21-19(24)22-11-3-4-16(7-12-22)8-13-23/h2,5-6,14,16,23H,3-4,7-13,15H2,1H3,(H,21,24). The molecule has 1 aliphatic heterocycles. The van der Waals surface area contributed by atoms with Crippen molar-refractivity contribution in [3.05, 3.63) is 29.8 Å². The molecule has 1 aromatic rings. The maximum absolute atomic E-state index is 12.6. The van der Waals surface area contributed by atoms with Gasteiger partial charge in [0.15, 0.2) is 0 Å². The fourth-order valence-corrected chi connectivity index (χ4v) is 3.87. The average molecular weight is 346 g/mol. The quantitative estimate of drug-likeness (QED) is 0.832. The van der Waals surface area contributed by atoms with E-state index in [2.05, 4.69) is 17.4 Å². The first-order valence-electron chi connectivity index (χ1n) is 9.45. The van der Waals surface area contributed by atoms with E-state index < -0.39 is 0 Å². The number of likely N-dealkylation sites (tertiary alicyclic amines) is 1. The van der Waals surface area contributed by atoms with Gasteiger partial charge in [-0.25, -0.2) is 4.79 Å². The van der Waals surface area contributed by atoms with Gasteiger partial charge in [-0.15, -0.1) is 0 Å². The molecule has 0 aromatic heterocycles. The van der Waals surface area contributed by atoms with Gasteiger partial charge in [0, 0.05) is 31.7 Å². The van der Waals surface area contributed by atoms with Crippen molar-refractivity contribution < 1.29 is 14.6 Å². The summed E-state index contributed by atoms with van der Waals surface area (Å²) in [4.78, 5) is 14.5. The molecule has 1 atom stereocenters. The van der Waals surface area contributed by atoms with E-state index in [1.165, 1.54) is 5.56 Å². The minimum Gasteiger partial charge on any atom is -0.497 e. The van der Waals surface area contributed by atoms with E-state index in [1.807, 2.05) is 17.0 Å². The number of ether oxygens (including phenoxy) is 1. The molecule has 1 saturated carbocycles. The van der Waals surface area contributed by atoms with Crippen LogP contribution in [0.2, 0.25) is 0 Å². The number of methoxy groups -OCH3 is 1. The Labute approximate surface area is 150 Å². The Bertz CT molecular complexity index is 586. The van der Waals surface area contributed by atoms with Crippen molar-refractivity contribution in [1.29, 1.82) is 0 Å². The van der Waals surface area contributed by atoms with Crippen LogP contribution in [0.15, 0.2) is 24.3 Å². The molecule has 25 heavy (non-hydrogen) atoms. The smallest absolute Gasteiger partial charge is 0.317 e. The summed E-state index contributed by atoms with van der Waals surface area (Å²) in [6.07, 6.45) is 6.21. The molecule has 1 aliphatic carbocycles. The van der Waals surface area contributed by atoms with E-state index in [-0.39, 0.29) is 18.1 Å². The largest absolute Gasteiger partial charge is 0.497 e. The molecule has 0 spiro atoms. The Kier molecular flexibility index (Phi) is 5.84. The number of hydrogen-bond donors (Lipinski definition) is 2. The fraction of sp³-hybridized carbons (Fsp3) is 0.650. The molecule has 0 bridgehead atoms. The van der Waals surface area contributed by atoms with Gasteiger partial charge in [0.05, 0.1) is 7.11 Å². The molecule has 1 saturated heterocycles. The third-order valence-electron chi connectivity index (χ3n) is 5.79. The van der Waals surface area contributed by atoms with Crippen molar-refractivity contribution in [2.75, 3.05) is 33.4 Å². The summed E-state index contributed by atoms with van der Waals surface area (Å²) in [5.74, 6) is 1.42. The van der Waals surface area contributed by atoms with Crippen LogP contribution in [-0.2, 0) is 5.41 Å². The van der Waals surface area contributed by atoms with Crippen molar-refractivity contribution in [1.82, 2.24) is 10.2 Å². The Hall–Kier alpha value is -1.75. The third kappa shape index (κ3) is 4.46. The molecule has 3 rings (SSSR count). The molecule has 5 nitrogen and oxygen atoms in total. The second-order valence-electron chi connectivity index (χ2n) is 7.47. The highest BCUT2D eigenvalue weighted by Gasteiger charge is 2.44. The number of nitrogens with zero attached hydrogens (tertiary/aromatic N) is 1. The predicted molar refractivity (Wildman–Crippen MR) is 97.9 cm³/mol. The number of carbonyl (C=O) groups is 1. The molecule has 1 unspecified atom stereocenters. The van der Waals surface area contributed by atoms with Crippen LogP contribution >= 0.6 is 0 Å². The molecular weight excluding hydrogens is 316 g/mol. The fourth-order valence-electron chi connectivity index (χ4n) is 3.87. The number of benzene rings is 1. The van der Waals surface area contributed by atoms with Crippen LogP contribution in [-0.4, -0.2) is 49.4 Å². The molecule has 2 amide bonds. The number of urea groups is 1. The minimum absolute atomic E-state index is 0.0545. The summed E-state index contributed by atoms with van der Waals surface area (Å²) in [5, 5.41) is 12.3. The average Bonchev–Trinajstić information content (AvgIpc) is 3.45. The first kappa shape index (κ1) is 18.1. The molecule has 5 heteroatoms. The molecule has 1 heterocycles. The van der Waals surface area contributed by atoms with Gasteiger partial charge in [0.25, 0.3) is 0 Å². The predicted octanol–water partition coefficient (Wildman–Crippen LogP) is 2.92. The minimum atomic E-state index is 0.0545. The molecule has 138 valence electrons. The van der Waals surface area contributed by atoms with E-state index in [9.17, 15) is 4.79 Å². The Balaban J connectivity index is 1.53. The molecule has 2 fully saturated rings. The number of aliphatic hydroxyl groups excluding tert-OH is 1. The Morgan fingerprint density at radius 3 is 2.92 bits per heavy atom. The van der Waals surface area contributed by atoms with Crippen LogP contribution in [0.4, 0.5) is 4.79 Å². The van der Waals surface area contributed by atoms with Crippen molar-refractivity contribution >= 4 is 6.03 Å². The van der Waals surface area contributed by atoms with Gasteiger partial charge in [-0.3, -0.25) is 0 Å². The summed E-state index contributed by atoms with van der Waals surface area (Å²) in [6.45, 7) is 2.55. The van der Waals surface area contributed by atoms with Crippen LogP contribution in [0, 0.1) is 5.92 Å². The van der Waals surface area contributed by atoms with Gasteiger partial charge in [0.2, 0.25) is 0 Å². The van der Waals surface area contributed by atoms with Gasteiger partial charge < -0.3 is 20.1 Å². The van der Waals surface area contributed by atoms with Gasteiger partial charge in [0.1, 0.15) is 5.75 Å². The number of amides is 2. The highest BCUT2D eigenvalue weighted by atomic mass is 16.5. The second-order valence-corrected chi connectivity index (χ2v) is 7.47. The summed E-state index contributed by atoms with van der Waals surface area (Å²) in [5.41, 5.74) is 1.33. The van der Waals surface area contributed by atoms with Crippen LogP contribution < -0.4 is 10.1 Å². The number of hydrogen-bond acceptors (Lipinski definition) is 3. The monoisotopic (exact) mass is 346 g/mol. The zero-order chi connectivity index (χ0) is 17.7. The first-order valence-corrected chi connectivity index (χ1v) is 9.45. The number of aliphatic hydroxyl groups is 1. The van der Waals surface area contributed by atoms with Crippen molar-refractivity contribution in [3.8, 4) is 5.75 Å². The molecular formula is C20H30N2O3. The van der Waals surface area contributed by atoms with E-state index in [1.54, 1.807) is 7.11 Å². The van der Waals surface area contributed by atoms with Crippen LogP contribution in [0.3, 0.4) is 0 Å². The zero-order valence-electron chi connectivity index (χ0n) is 15.2. The third-order valence-corrected chi connectivity index (χ3v) is 5.79. The highest BCUT2D eigenvalue weighted by molar-refractivity contribution is 5.74. The maximum atomic E-state index is 12.6. The van der Waals surface area contributed by atoms with Crippen molar-refractivity contribution in [3.63, 3.8) is 0 Å². The van der Waals surface area contributed by atoms with E-state index >= 15 is 0 Å². The number of carbonyl (C=O) groups excluding carboxylic acids is 1. The first-order chi connectivity index (χ1) is 12.2. The zero-order valence-corrected chi connectivity index (χ0v) is 15.2. The Morgan fingerprint density at radius 1 is 1.36 bits per heavy atom. The van der Waals surface area contributed by atoms with Gasteiger partial charge in [-0.1, -0.05) is 12.1 Å². The van der Waals surface area contributed by atoms with Gasteiger partial charge >= 0.3 is 6.03 Å².